The second-order valence-electron chi connectivity index (χ2n) is 4.83. The fourth-order valence-corrected chi connectivity index (χ4v) is 1.67. The van der Waals surface area contributed by atoms with Gasteiger partial charge in [0.15, 0.2) is 0 Å². The van der Waals surface area contributed by atoms with E-state index in [4.69, 9.17) is 0 Å². The molecular formula is C15H22F2N2O2. The lowest BCUT2D eigenvalue weighted by Gasteiger charge is -2.11. The number of amides is 1. The topological polar surface area (TPSA) is 50.4 Å². The molecule has 1 aromatic carbocycles. The number of halogens is 2. The van der Waals surface area contributed by atoms with Crippen LogP contribution in [0.3, 0.4) is 0 Å². The zero-order chi connectivity index (χ0) is 15.7. The van der Waals surface area contributed by atoms with Gasteiger partial charge in [-0.25, -0.2) is 0 Å². The van der Waals surface area contributed by atoms with E-state index in [1.807, 2.05) is 13.8 Å². The Morgan fingerprint density at radius 2 is 1.95 bits per heavy atom. The monoisotopic (exact) mass is 300 g/mol. The molecule has 6 heteroatoms. The summed E-state index contributed by atoms with van der Waals surface area (Å²) in [6, 6.07) is 6.62. The number of hydrogen-bond donors (Lipinski definition) is 2. The number of benzene rings is 1. The van der Waals surface area contributed by atoms with Crippen molar-refractivity contribution in [1.29, 1.82) is 0 Å². The Morgan fingerprint density at radius 1 is 1.29 bits per heavy atom. The van der Waals surface area contributed by atoms with Gasteiger partial charge < -0.3 is 15.4 Å². The SMILES string of the molecule is CC[C@H](C)NC(=O)CCNCc1ccc(OC(F)F)cc1. The number of hydrogen-bond acceptors (Lipinski definition) is 3. The first kappa shape index (κ1) is 17.4. The van der Waals surface area contributed by atoms with Crippen molar-refractivity contribution in [3.63, 3.8) is 0 Å². The summed E-state index contributed by atoms with van der Waals surface area (Å²) in [5.41, 5.74) is 0.943. The van der Waals surface area contributed by atoms with Gasteiger partial charge in [-0.2, -0.15) is 8.78 Å². The zero-order valence-electron chi connectivity index (χ0n) is 12.4. The first-order valence-corrected chi connectivity index (χ1v) is 7.05. The molecule has 2 N–H and O–H groups in total. The van der Waals surface area contributed by atoms with Crippen LogP contribution in [0.25, 0.3) is 0 Å². The van der Waals surface area contributed by atoms with E-state index in [0.717, 1.165) is 12.0 Å². The van der Waals surface area contributed by atoms with Gasteiger partial charge in [-0.3, -0.25) is 4.79 Å². The van der Waals surface area contributed by atoms with Crippen LogP contribution in [-0.4, -0.2) is 25.1 Å². The Bertz CT molecular complexity index is 424. The van der Waals surface area contributed by atoms with Crippen LogP contribution >= 0.6 is 0 Å². The lowest BCUT2D eigenvalue weighted by Crippen LogP contribution is -2.33. The Morgan fingerprint density at radius 3 is 2.52 bits per heavy atom. The minimum Gasteiger partial charge on any atom is -0.435 e. The van der Waals surface area contributed by atoms with Crippen molar-refractivity contribution < 1.29 is 18.3 Å². The van der Waals surface area contributed by atoms with Crippen LogP contribution in [-0.2, 0) is 11.3 Å². The highest BCUT2D eigenvalue weighted by molar-refractivity contribution is 5.76. The summed E-state index contributed by atoms with van der Waals surface area (Å²) in [6.07, 6.45) is 1.32. The molecule has 0 bridgehead atoms. The molecule has 0 saturated heterocycles. The Labute approximate surface area is 123 Å². The highest BCUT2D eigenvalue weighted by Gasteiger charge is 2.05. The second-order valence-corrected chi connectivity index (χ2v) is 4.83. The molecule has 0 aliphatic carbocycles. The predicted molar refractivity (Wildman–Crippen MR) is 77.3 cm³/mol. The highest BCUT2D eigenvalue weighted by Crippen LogP contribution is 2.14. The first-order valence-electron chi connectivity index (χ1n) is 7.05. The molecule has 4 nitrogen and oxygen atoms in total. The fraction of sp³-hybridized carbons (Fsp3) is 0.533. The Kier molecular flexibility index (Phi) is 7.68. The standard InChI is InChI=1S/C15H22F2N2O2/c1-3-11(2)19-14(20)8-9-18-10-12-4-6-13(7-5-12)21-15(16)17/h4-7,11,15,18H,3,8-10H2,1-2H3,(H,19,20)/t11-/m0/s1. The number of carbonyl (C=O) groups excluding carboxylic acids is 1. The second kappa shape index (κ2) is 9.28. The molecule has 1 amide bonds. The van der Waals surface area contributed by atoms with Crippen molar-refractivity contribution in [2.24, 2.45) is 0 Å². The van der Waals surface area contributed by atoms with E-state index >= 15 is 0 Å². The molecule has 0 saturated carbocycles. The maximum absolute atomic E-state index is 12.0. The largest absolute Gasteiger partial charge is 0.435 e. The highest BCUT2D eigenvalue weighted by atomic mass is 19.3. The molecule has 0 aliphatic heterocycles. The predicted octanol–water partition coefficient (Wildman–Crippen LogP) is 2.68. The summed E-state index contributed by atoms with van der Waals surface area (Å²) in [4.78, 5) is 11.5. The molecule has 1 rings (SSSR count). The van der Waals surface area contributed by atoms with E-state index in [2.05, 4.69) is 15.4 Å². The Balaban J connectivity index is 2.22. The minimum absolute atomic E-state index is 0.0255. The average molecular weight is 300 g/mol. The average Bonchev–Trinajstić information content (AvgIpc) is 2.44. The number of nitrogens with one attached hydrogen (secondary N) is 2. The molecule has 21 heavy (non-hydrogen) atoms. The van der Waals surface area contributed by atoms with Crippen molar-refractivity contribution in [3.05, 3.63) is 29.8 Å². The van der Waals surface area contributed by atoms with Gasteiger partial charge in [-0.1, -0.05) is 19.1 Å². The third-order valence-electron chi connectivity index (χ3n) is 3.03. The molecule has 0 radical (unpaired) electrons. The molecule has 118 valence electrons. The van der Waals surface area contributed by atoms with Gasteiger partial charge in [0.25, 0.3) is 0 Å². The van der Waals surface area contributed by atoms with Crippen LogP contribution in [0.1, 0.15) is 32.3 Å². The van der Waals surface area contributed by atoms with Gasteiger partial charge in [0.2, 0.25) is 5.91 Å². The van der Waals surface area contributed by atoms with E-state index in [-0.39, 0.29) is 17.7 Å². The normalized spacial score (nSPS) is 12.2. The number of carbonyl (C=O) groups is 1. The summed E-state index contributed by atoms with van der Waals surface area (Å²) < 4.78 is 28.2. The summed E-state index contributed by atoms with van der Waals surface area (Å²) in [7, 11) is 0. The van der Waals surface area contributed by atoms with E-state index in [1.165, 1.54) is 12.1 Å². The third-order valence-corrected chi connectivity index (χ3v) is 3.03. The number of rotatable bonds is 9. The van der Waals surface area contributed by atoms with Crippen molar-refractivity contribution in [2.45, 2.75) is 45.9 Å². The number of alkyl halides is 2. The molecule has 0 unspecified atom stereocenters. The minimum atomic E-state index is -2.81. The Hall–Kier alpha value is -1.69. The summed E-state index contributed by atoms with van der Waals surface area (Å²) in [6.45, 7) is 2.32. The van der Waals surface area contributed by atoms with Crippen LogP contribution in [0, 0.1) is 0 Å². The van der Waals surface area contributed by atoms with Crippen molar-refractivity contribution in [1.82, 2.24) is 10.6 Å². The van der Waals surface area contributed by atoms with Crippen molar-refractivity contribution in [3.8, 4) is 5.75 Å². The maximum Gasteiger partial charge on any atom is 0.387 e. The molecule has 0 spiro atoms. The van der Waals surface area contributed by atoms with Gasteiger partial charge in [-0.15, -0.1) is 0 Å². The van der Waals surface area contributed by atoms with Crippen LogP contribution < -0.4 is 15.4 Å². The molecular weight excluding hydrogens is 278 g/mol. The number of ether oxygens (including phenoxy) is 1. The van der Waals surface area contributed by atoms with Gasteiger partial charge in [0.05, 0.1) is 0 Å². The first-order chi connectivity index (χ1) is 10.0. The molecule has 0 heterocycles. The molecule has 0 fully saturated rings. The van der Waals surface area contributed by atoms with Crippen LogP contribution in [0.15, 0.2) is 24.3 Å². The zero-order valence-corrected chi connectivity index (χ0v) is 12.4. The van der Waals surface area contributed by atoms with E-state index in [0.29, 0.717) is 19.5 Å². The van der Waals surface area contributed by atoms with Gasteiger partial charge >= 0.3 is 6.61 Å². The van der Waals surface area contributed by atoms with E-state index in [1.54, 1.807) is 12.1 Å². The van der Waals surface area contributed by atoms with E-state index < -0.39 is 6.61 Å². The summed E-state index contributed by atoms with van der Waals surface area (Å²) in [5, 5.41) is 6.02. The fourth-order valence-electron chi connectivity index (χ4n) is 1.67. The van der Waals surface area contributed by atoms with Crippen LogP contribution in [0.5, 0.6) is 5.75 Å². The molecule has 0 aromatic heterocycles. The van der Waals surface area contributed by atoms with Crippen LogP contribution in [0.2, 0.25) is 0 Å². The lowest BCUT2D eigenvalue weighted by atomic mass is 10.2. The van der Waals surface area contributed by atoms with Gasteiger partial charge in [0.1, 0.15) is 5.75 Å². The van der Waals surface area contributed by atoms with E-state index in [9.17, 15) is 13.6 Å². The molecule has 0 aliphatic rings. The third kappa shape index (κ3) is 7.60. The van der Waals surface area contributed by atoms with Gasteiger partial charge in [-0.05, 0) is 31.0 Å². The smallest absolute Gasteiger partial charge is 0.387 e. The van der Waals surface area contributed by atoms with Crippen molar-refractivity contribution in [2.75, 3.05) is 6.54 Å². The molecule has 1 atom stereocenters. The summed E-state index contributed by atoms with van der Waals surface area (Å²) in [5.74, 6) is 0.166. The van der Waals surface area contributed by atoms with Crippen molar-refractivity contribution >= 4 is 5.91 Å². The molecule has 1 aromatic rings. The van der Waals surface area contributed by atoms with Gasteiger partial charge in [0, 0.05) is 25.6 Å². The quantitative estimate of drug-likeness (QED) is 0.689. The van der Waals surface area contributed by atoms with Crippen LogP contribution in [0.4, 0.5) is 8.78 Å². The maximum atomic E-state index is 12.0. The summed E-state index contributed by atoms with van der Waals surface area (Å²) >= 11 is 0. The lowest BCUT2D eigenvalue weighted by molar-refractivity contribution is -0.121.